The second kappa shape index (κ2) is 4.59. The fourth-order valence-corrected chi connectivity index (χ4v) is 3.39. The van der Waals surface area contributed by atoms with E-state index in [9.17, 15) is 8.42 Å². The van der Waals surface area contributed by atoms with Crippen LogP contribution in [-0.4, -0.2) is 22.6 Å². The van der Waals surface area contributed by atoms with Crippen LogP contribution in [0.15, 0.2) is 21.5 Å². The SMILES string of the molecule is COc1ccc(S(=O)(=O)Cl)c(Br)c1OC. The number of ether oxygens (including phenoxy) is 2. The number of hydrogen-bond donors (Lipinski definition) is 0. The van der Waals surface area contributed by atoms with Crippen molar-refractivity contribution in [3.63, 3.8) is 0 Å². The Morgan fingerprint density at radius 3 is 2.27 bits per heavy atom. The number of benzene rings is 1. The summed E-state index contributed by atoms with van der Waals surface area (Å²) in [5, 5.41) is 0. The lowest BCUT2D eigenvalue weighted by atomic mass is 10.3. The van der Waals surface area contributed by atoms with Gasteiger partial charge in [-0.2, -0.15) is 0 Å². The zero-order chi connectivity index (χ0) is 11.6. The number of rotatable bonds is 3. The topological polar surface area (TPSA) is 52.6 Å². The maximum Gasteiger partial charge on any atom is 0.262 e. The van der Waals surface area contributed by atoms with Gasteiger partial charge < -0.3 is 9.47 Å². The molecule has 7 heteroatoms. The fourth-order valence-electron chi connectivity index (χ4n) is 1.06. The Morgan fingerprint density at radius 2 is 1.87 bits per heavy atom. The van der Waals surface area contributed by atoms with Crippen molar-refractivity contribution < 1.29 is 17.9 Å². The third-order valence-corrected chi connectivity index (χ3v) is 4.13. The molecule has 1 aromatic rings. The number of hydrogen-bond acceptors (Lipinski definition) is 4. The largest absolute Gasteiger partial charge is 0.493 e. The third kappa shape index (κ3) is 2.56. The second-order valence-electron chi connectivity index (χ2n) is 2.55. The van der Waals surface area contributed by atoms with Gasteiger partial charge in [0, 0.05) is 10.7 Å². The molecular formula is C8H8BrClO4S. The van der Waals surface area contributed by atoms with Crippen LogP contribution in [0.4, 0.5) is 0 Å². The first-order valence-electron chi connectivity index (χ1n) is 3.77. The molecule has 0 unspecified atom stereocenters. The molecule has 0 saturated carbocycles. The first kappa shape index (κ1) is 12.6. The maximum atomic E-state index is 11.2. The standard InChI is InChI=1S/C8H8BrClO4S/c1-13-5-3-4-6(15(10,11)12)7(9)8(5)14-2/h3-4H,1-2H3. The summed E-state index contributed by atoms with van der Waals surface area (Å²) in [5.74, 6) is 0.715. The van der Waals surface area contributed by atoms with Crippen molar-refractivity contribution in [2.75, 3.05) is 14.2 Å². The molecule has 0 N–H and O–H groups in total. The van der Waals surface area contributed by atoms with Crippen molar-refractivity contribution in [3.8, 4) is 11.5 Å². The Balaban J connectivity index is 3.50. The van der Waals surface area contributed by atoms with Gasteiger partial charge in [0.05, 0.1) is 18.7 Å². The van der Waals surface area contributed by atoms with Crippen LogP contribution in [0.3, 0.4) is 0 Å². The highest BCUT2D eigenvalue weighted by atomic mass is 79.9. The van der Waals surface area contributed by atoms with Crippen LogP contribution >= 0.6 is 26.6 Å². The van der Waals surface area contributed by atoms with Gasteiger partial charge in [-0.05, 0) is 28.1 Å². The summed E-state index contributed by atoms with van der Waals surface area (Å²) < 4.78 is 32.6. The van der Waals surface area contributed by atoms with E-state index in [1.807, 2.05) is 0 Å². The predicted octanol–water partition coefficient (Wildman–Crippen LogP) is 2.39. The summed E-state index contributed by atoms with van der Waals surface area (Å²) in [4.78, 5) is -0.0539. The minimum Gasteiger partial charge on any atom is -0.493 e. The van der Waals surface area contributed by atoms with Crippen LogP contribution in [0.2, 0.25) is 0 Å². The molecule has 0 fully saturated rings. The summed E-state index contributed by atoms with van der Waals surface area (Å²) in [7, 11) is 4.30. The molecule has 1 rings (SSSR count). The zero-order valence-corrected chi connectivity index (χ0v) is 11.1. The van der Waals surface area contributed by atoms with E-state index >= 15 is 0 Å². The van der Waals surface area contributed by atoms with Gasteiger partial charge in [-0.25, -0.2) is 8.42 Å². The summed E-state index contributed by atoms with van der Waals surface area (Å²) in [6, 6.07) is 2.81. The summed E-state index contributed by atoms with van der Waals surface area (Å²) in [6.45, 7) is 0. The van der Waals surface area contributed by atoms with Gasteiger partial charge in [0.15, 0.2) is 11.5 Å². The van der Waals surface area contributed by atoms with Gasteiger partial charge in [0.1, 0.15) is 4.90 Å². The van der Waals surface area contributed by atoms with E-state index in [1.165, 1.54) is 26.4 Å². The molecule has 0 aliphatic heterocycles. The molecule has 0 bridgehead atoms. The molecule has 15 heavy (non-hydrogen) atoms. The van der Waals surface area contributed by atoms with E-state index in [2.05, 4.69) is 15.9 Å². The van der Waals surface area contributed by atoms with Gasteiger partial charge in [-0.3, -0.25) is 0 Å². The first-order valence-corrected chi connectivity index (χ1v) is 6.87. The molecule has 0 saturated heterocycles. The highest BCUT2D eigenvalue weighted by molar-refractivity contribution is 9.10. The number of methoxy groups -OCH3 is 2. The zero-order valence-electron chi connectivity index (χ0n) is 7.95. The monoisotopic (exact) mass is 314 g/mol. The third-order valence-electron chi connectivity index (χ3n) is 1.71. The van der Waals surface area contributed by atoms with Crippen molar-refractivity contribution in [2.45, 2.75) is 4.90 Å². The van der Waals surface area contributed by atoms with Gasteiger partial charge in [-0.15, -0.1) is 0 Å². The number of halogens is 2. The molecule has 0 radical (unpaired) electrons. The first-order chi connectivity index (χ1) is 6.91. The minimum absolute atomic E-state index is 0.0539. The minimum atomic E-state index is -3.80. The smallest absolute Gasteiger partial charge is 0.262 e. The Morgan fingerprint density at radius 1 is 1.27 bits per heavy atom. The molecule has 1 aromatic carbocycles. The normalized spacial score (nSPS) is 11.2. The predicted molar refractivity (Wildman–Crippen MR) is 60.3 cm³/mol. The van der Waals surface area contributed by atoms with E-state index < -0.39 is 9.05 Å². The van der Waals surface area contributed by atoms with Crippen LogP contribution in [-0.2, 0) is 9.05 Å². The van der Waals surface area contributed by atoms with Crippen molar-refractivity contribution >= 4 is 35.7 Å². The summed E-state index contributed by atoms with van der Waals surface area (Å²) in [5.41, 5.74) is 0. The van der Waals surface area contributed by atoms with E-state index in [4.69, 9.17) is 20.2 Å². The van der Waals surface area contributed by atoms with Crippen molar-refractivity contribution in [1.82, 2.24) is 0 Å². The lowest BCUT2D eigenvalue weighted by Gasteiger charge is -2.11. The molecule has 4 nitrogen and oxygen atoms in total. The quantitative estimate of drug-likeness (QED) is 0.804. The average Bonchev–Trinajstić information content (AvgIpc) is 2.15. The van der Waals surface area contributed by atoms with Crippen LogP contribution in [0, 0.1) is 0 Å². The Labute approximate surface area is 101 Å². The average molecular weight is 316 g/mol. The van der Waals surface area contributed by atoms with Gasteiger partial charge >= 0.3 is 0 Å². The van der Waals surface area contributed by atoms with Crippen LogP contribution in [0.25, 0.3) is 0 Å². The Hall–Kier alpha value is -0.460. The molecule has 0 aliphatic rings. The van der Waals surface area contributed by atoms with E-state index in [0.29, 0.717) is 11.5 Å². The summed E-state index contributed by atoms with van der Waals surface area (Å²) in [6.07, 6.45) is 0. The van der Waals surface area contributed by atoms with Crippen molar-refractivity contribution in [3.05, 3.63) is 16.6 Å². The summed E-state index contributed by atoms with van der Waals surface area (Å²) >= 11 is 3.10. The fraction of sp³-hybridized carbons (Fsp3) is 0.250. The lowest BCUT2D eigenvalue weighted by molar-refractivity contribution is 0.352. The highest BCUT2D eigenvalue weighted by Crippen LogP contribution is 2.40. The molecule has 0 atom stereocenters. The van der Waals surface area contributed by atoms with Gasteiger partial charge in [0.25, 0.3) is 9.05 Å². The van der Waals surface area contributed by atoms with Crippen LogP contribution in [0.5, 0.6) is 11.5 Å². The van der Waals surface area contributed by atoms with E-state index in [1.54, 1.807) is 0 Å². The van der Waals surface area contributed by atoms with Gasteiger partial charge in [-0.1, -0.05) is 0 Å². The van der Waals surface area contributed by atoms with Crippen molar-refractivity contribution in [1.29, 1.82) is 0 Å². The molecule has 0 spiro atoms. The van der Waals surface area contributed by atoms with Crippen LogP contribution < -0.4 is 9.47 Å². The second-order valence-corrected chi connectivity index (χ2v) is 5.88. The Bertz CT molecular complexity index is 472. The molecule has 84 valence electrons. The van der Waals surface area contributed by atoms with E-state index in [-0.39, 0.29) is 9.37 Å². The van der Waals surface area contributed by atoms with Crippen LogP contribution in [0.1, 0.15) is 0 Å². The lowest BCUT2D eigenvalue weighted by Crippen LogP contribution is -1.97. The van der Waals surface area contributed by atoms with Gasteiger partial charge in [0.2, 0.25) is 0 Å². The molecule has 0 aliphatic carbocycles. The maximum absolute atomic E-state index is 11.2. The molecular weight excluding hydrogens is 308 g/mol. The molecule has 0 aromatic heterocycles. The molecule has 0 heterocycles. The Kier molecular flexibility index (Phi) is 3.86. The molecule has 0 amide bonds. The van der Waals surface area contributed by atoms with Crippen molar-refractivity contribution in [2.24, 2.45) is 0 Å². The highest BCUT2D eigenvalue weighted by Gasteiger charge is 2.20. The van der Waals surface area contributed by atoms with E-state index in [0.717, 1.165) is 0 Å².